The molecule has 0 unspecified atom stereocenters. The van der Waals surface area contributed by atoms with E-state index in [1.165, 1.54) is 22.0 Å². The van der Waals surface area contributed by atoms with E-state index in [0.717, 1.165) is 13.0 Å². The Morgan fingerprint density at radius 3 is 2.62 bits per heavy atom. The number of rotatable bonds is 4. The minimum absolute atomic E-state index is 0.952. The van der Waals surface area contributed by atoms with Gasteiger partial charge in [-0.1, -0.05) is 35.9 Å². The maximum atomic E-state index is 3.90. The van der Waals surface area contributed by atoms with Gasteiger partial charge in [0.2, 0.25) is 0 Å². The van der Waals surface area contributed by atoms with Gasteiger partial charge in [-0.2, -0.15) is 0 Å². The molecule has 0 radical (unpaired) electrons. The van der Waals surface area contributed by atoms with E-state index in [4.69, 9.17) is 0 Å². The number of fused-ring (bicyclic) bond motifs is 1. The summed E-state index contributed by atoms with van der Waals surface area (Å²) in [5.41, 5.74) is 2.40. The Kier molecular flexibility index (Phi) is 3.25. The van der Waals surface area contributed by atoms with Crippen LogP contribution in [0.1, 0.15) is 13.3 Å². The minimum Gasteiger partial charge on any atom is -0.385 e. The molecule has 1 N–H and O–H groups in total. The molecule has 0 fully saturated rings. The highest BCUT2D eigenvalue weighted by Gasteiger charge is 1.95. The molecule has 0 bridgehead atoms. The van der Waals surface area contributed by atoms with E-state index in [-0.39, 0.29) is 0 Å². The maximum Gasteiger partial charge on any atom is 0.0346 e. The van der Waals surface area contributed by atoms with Crippen LogP contribution in [0.3, 0.4) is 0 Å². The van der Waals surface area contributed by atoms with Gasteiger partial charge in [-0.05, 0) is 36.2 Å². The van der Waals surface area contributed by atoms with Gasteiger partial charge in [-0.3, -0.25) is 0 Å². The van der Waals surface area contributed by atoms with Crippen LogP contribution in [0, 0.1) is 0 Å². The summed E-state index contributed by atoms with van der Waals surface area (Å²) in [5, 5.41) is 5.97. The summed E-state index contributed by atoms with van der Waals surface area (Å²) in [6, 6.07) is 14.9. The van der Waals surface area contributed by atoms with Crippen LogP contribution in [0.25, 0.3) is 10.8 Å². The lowest BCUT2D eigenvalue weighted by Crippen LogP contribution is -2.01. The normalized spacial score (nSPS) is 10.3. The van der Waals surface area contributed by atoms with Crippen molar-refractivity contribution in [3.05, 3.63) is 54.6 Å². The van der Waals surface area contributed by atoms with Crippen molar-refractivity contribution in [2.75, 3.05) is 11.9 Å². The maximum absolute atomic E-state index is 3.90. The van der Waals surface area contributed by atoms with Crippen LogP contribution < -0.4 is 5.32 Å². The van der Waals surface area contributed by atoms with E-state index in [1.807, 2.05) is 0 Å². The summed E-state index contributed by atoms with van der Waals surface area (Å²) in [7, 11) is 0. The third kappa shape index (κ3) is 2.63. The van der Waals surface area contributed by atoms with Crippen molar-refractivity contribution in [1.29, 1.82) is 0 Å². The second kappa shape index (κ2) is 4.84. The zero-order valence-electron chi connectivity index (χ0n) is 9.66. The van der Waals surface area contributed by atoms with Gasteiger partial charge < -0.3 is 5.32 Å². The van der Waals surface area contributed by atoms with E-state index in [0.29, 0.717) is 0 Å². The Morgan fingerprint density at radius 2 is 1.88 bits per heavy atom. The highest BCUT2D eigenvalue weighted by molar-refractivity contribution is 5.85. The number of benzene rings is 2. The standard InChI is InChI=1S/C15H17N/c1-12(2)9-10-16-15-8-7-13-5-3-4-6-14(13)11-15/h3-8,11,16H,1,9-10H2,2H3. The van der Waals surface area contributed by atoms with Crippen LogP contribution in [0.4, 0.5) is 5.69 Å². The van der Waals surface area contributed by atoms with Crippen LogP contribution in [0.15, 0.2) is 54.6 Å². The van der Waals surface area contributed by atoms with E-state index in [1.54, 1.807) is 0 Å². The fraction of sp³-hybridized carbons (Fsp3) is 0.200. The Bertz CT molecular complexity index is 500. The molecule has 0 spiro atoms. The van der Waals surface area contributed by atoms with Gasteiger partial charge in [-0.15, -0.1) is 6.58 Å². The Morgan fingerprint density at radius 1 is 1.12 bits per heavy atom. The van der Waals surface area contributed by atoms with Crippen molar-refractivity contribution in [1.82, 2.24) is 0 Å². The summed E-state index contributed by atoms with van der Waals surface area (Å²) in [6.45, 7) is 6.91. The molecule has 82 valence electrons. The molecule has 16 heavy (non-hydrogen) atoms. The fourth-order valence-electron chi connectivity index (χ4n) is 1.72. The molecule has 1 heteroatoms. The number of hydrogen-bond acceptors (Lipinski definition) is 1. The number of hydrogen-bond donors (Lipinski definition) is 1. The predicted molar refractivity (Wildman–Crippen MR) is 71.9 cm³/mol. The first-order valence-corrected chi connectivity index (χ1v) is 5.63. The first-order valence-electron chi connectivity index (χ1n) is 5.63. The fourth-order valence-corrected chi connectivity index (χ4v) is 1.72. The molecule has 0 aliphatic rings. The lowest BCUT2D eigenvalue weighted by molar-refractivity contribution is 1.00. The molecule has 1 nitrogen and oxygen atoms in total. The van der Waals surface area contributed by atoms with Crippen molar-refractivity contribution in [2.45, 2.75) is 13.3 Å². The Balaban J connectivity index is 2.10. The van der Waals surface area contributed by atoms with Crippen LogP contribution in [-0.2, 0) is 0 Å². The molecular weight excluding hydrogens is 194 g/mol. The van der Waals surface area contributed by atoms with Crippen LogP contribution in [0.2, 0.25) is 0 Å². The van der Waals surface area contributed by atoms with E-state index >= 15 is 0 Å². The summed E-state index contributed by atoms with van der Waals surface area (Å²) in [6.07, 6.45) is 1.02. The Labute approximate surface area is 96.8 Å². The summed E-state index contributed by atoms with van der Waals surface area (Å²) in [5.74, 6) is 0. The lowest BCUT2D eigenvalue weighted by Gasteiger charge is -2.07. The van der Waals surface area contributed by atoms with E-state index in [2.05, 4.69) is 61.3 Å². The molecule has 2 rings (SSSR count). The monoisotopic (exact) mass is 211 g/mol. The van der Waals surface area contributed by atoms with Gasteiger partial charge in [0.15, 0.2) is 0 Å². The van der Waals surface area contributed by atoms with Crippen LogP contribution >= 0.6 is 0 Å². The molecule has 0 heterocycles. The van der Waals surface area contributed by atoms with E-state index < -0.39 is 0 Å². The average molecular weight is 211 g/mol. The first-order chi connectivity index (χ1) is 7.75. The SMILES string of the molecule is C=C(C)CCNc1ccc2ccccc2c1. The van der Waals surface area contributed by atoms with Gasteiger partial charge >= 0.3 is 0 Å². The van der Waals surface area contributed by atoms with Gasteiger partial charge in [0, 0.05) is 12.2 Å². The van der Waals surface area contributed by atoms with Gasteiger partial charge in [-0.25, -0.2) is 0 Å². The molecular formula is C15H17N. The molecule has 0 amide bonds. The van der Waals surface area contributed by atoms with Crippen molar-refractivity contribution in [3.8, 4) is 0 Å². The Hall–Kier alpha value is -1.76. The van der Waals surface area contributed by atoms with Gasteiger partial charge in [0.1, 0.15) is 0 Å². The summed E-state index contributed by atoms with van der Waals surface area (Å²) < 4.78 is 0. The van der Waals surface area contributed by atoms with Crippen molar-refractivity contribution in [2.24, 2.45) is 0 Å². The third-order valence-electron chi connectivity index (χ3n) is 2.63. The minimum atomic E-state index is 0.952. The topological polar surface area (TPSA) is 12.0 Å². The number of anilines is 1. The molecule has 0 aromatic heterocycles. The van der Waals surface area contributed by atoms with Gasteiger partial charge in [0.25, 0.3) is 0 Å². The summed E-state index contributed by atoms with van der Waals surface area (Å²) in [4.78, 5) is 0. The molecule has 2 aromatic rings. The van der Waals surface area contributed by atoms with E-state index in [9.17, 15) is 0 Å². The zero-order valence-corrected chi connectivity index (χ0v) is 9.66. The zero-order chi connectivity index (χ0) is 11.4. The molecule has 0 saturated heterocycles. The average Bonchev–Trinajstić information content (AvgIpc) is 2.28. The second-order valence-corrected chi connectivity index (χ2v) is 4.20. The second-order valence-electron chi connectivity index (χ2n) is 4.20. The van der Waals surface area contributed by atoms with Crippen molar-refractivity contribution in [3.63, 3.8) is 0 Å². The van der Waals surface area contributed by atoms with Crippen molar-refractivity contribution < 1.29 is 0 Å². The quantitative estimate of drug-likeness (QED) is 0.747. The smallest absolute Gasteiger partial charge is 0.0346 e. The largest absolute Gasteiger partial charge is 0.385 e. The molecule has 0 aliphatic heterocycles. The predicted octanol–water partition coefficient (Wildman–Crippen LogP) is 4.22. The van der Waals surface area contributed by atoms with Crippen LogP contribution in [0.5, 0.6) is 0 Å². The highest BCUT2D eigenvalue weighted by atomic mass is 14.9. The summed E-state index contributed by atoms with van der Waals surface area (Å²) >= 11 is 0. The molecule has 0 aliphatic carbocycles. The van der Waals surface area contributed by atoms with Crippen LogP contribution in [-0.4, -0.2) is 6.54 Å². The molecule has 0 saturated carbocycles. The van der Waals surface area contributed by atoms with Gasteiger partial charge in [0.05, 0.1) is 0 Å². The molecule has 2 aromatic carbocycles. The van der Waals surface area contributed by atoms with Crippen molar-refractivity contribution >= 4 is 16.5 Å². The molecule has 0 atom stereocenters. The highest BCUT2D eigenvalue weighted by Crippen LogP contribution is 2.18. The number of nitrogens with one attached hydrogen (secondary N) is 1. The lowest BCUT2D eigenvalue weighted by atomic mass is 10.1. The third-order valence-corrected chi connectivity index (χ3v) is 2.63. The first kappa shape index (κ1) is 10.7.